The number of ether oxygens (including phenoxy) is 1. The molecule has 1 unspecified atom stereocenters. The number of esters is 1. The second kappa shape index (κ2) is 9.26. The lowest BCUT2D eigenvalue weighted by Gasteiger charge is -2.18. The van der Waals surface area contributed by atoms with Crippen LogP contribution in [0.2, 0.25) is 0 Å². The van der Waals surface area contributed by atoms with Gasteiger partial charge in [0.25, 0.3) is 0 Å². The lowest BCUT2D eigenvalue weighted by Crippen LogP contribution is -2.17. The van der Waals surface area contributed by atoms with Crippen molar-refractivity contribution in [1.82, 2.24) is 0 Å². The van der Waals surface area contributed by atoms with Gasteiger partial charge >= 0.3 is 5.97 Å². The van der Waals surface area contributed by atoms with E-state index in [0.29, 0.717) is 0 Å². The molecule has 0 aromatic heterocycles. The average Bonchev–Trinajstić information content (AvgIpc) is 2.23. The van der Waals surface area contributed by atoms with E-state index in [1.54, 1.807) is 0 Å². The molecule has 2 nitrogen and oxygen atoms in total. The van der Waals surface area contributed by atoms with E-state index in [9.17, 15) is 4.79 Å². The van der Waals surface area contributed by atoms with Crippen LogP contribution in [-0.2, 0) is 9.53 Å². The highest BCUT2D eigenvalue weighted by molar-refractivity contribution is 5.66. The molecule has 0 aliphatic heterocycles. The van der Waals surface area contributed by atoms with Crippen molar-refractivity contribution >= 4 is 5.97 Å². The molecule has 0 radical (unpaired) electrons. The van der Waals surface area contributed by atoms with Crippen LogP contribution in [0.1, 0.15) is 73.1 Å². The maximum absolute atomic E-state index is 11.1. The molecule has 100 valence electrons. The number of carbonyl (C=O) groups is 1. The highest BCUT2D eigenvalue weighted by Gasteiger charge is 2.12. The molecular weight excluding hydrogens is 212 g/mol. The quantitative estimate of drug-likeness (QED) is 0.351. The molecule has 0 saturated heterocycles. The molecule has 0 heterocycles. The standard InChI is InChI=1S/C15H28O2/c1-6-7-8-9-10-15(17-14(5)16)11-13(4)12(2)3/h15H,6-11H2,1-5H3. The second-order valence-electron chi connectivity index (χ2n) is 5.07. The molecule has 0 aromatic rings. The zero-order valence-corrected chi connectivity index (χ0v) is 12.1. The fourth-order valence-corrected chi connectivity index (χ4v) is 1.78. The number of unbranched alkanes of at least 4 members (excludes halogenated alkanes) is 3. The molecule has 0 aliphatic carbocycles. The Kier molecular flexibility index (Phi) is 8.83. The SMILES string of the molecule is CCCCCCC(CC(C)=C(C)C)OC(C)=O. The third-order valence-electron chi connectivity index (χ3n) is 3.10. The minimum atomic E-state index is -0.160. The van der Waals surface area contributed by atoms with Crippen molar-refractivity contribution in [3.05, 3.63) is 11.1 Å². The molecule has 17 heavy (non-hydrogen) atoms. The van der Waals surface area contributed by atoms with Crippen LogP contribution in [0.3, 0.4) is 0 Å². The Labute approximate surface area is 106 Å². The summed E-state index contributed by atoms with van der Waals surface area (Å²) in [6.07, 6.45) is 6.85. The molecule has 0 saturated carbocycles. The lowest BCUT2D eigenvalue weighted by atomic mass is 10.0. The van der Waals surface area contributed by atoms with Gasteiger partial charge in [-0.25, -0.2) is 0 Å². The van der Waals surface area contributed by atoms with Gasteiger partial charge in [0.1, 0.15) is 6.10 Å². The molecule has 0 aliphatic rings. The van der Waals surface area contributed by atoms with Crippen molar-refractivity contribution in [3.8, 4) is 0 Å². The molecule has 0 spiro atoms. The Morgan fingerprint density at radius 3 is 2.18 bits per heavy atom. The first-order valence-electron chi connectivity index (χ1n) is 6.77. The van der Waals surface area contributed by atoms with E-state index in [0.717, 1.165) is 19.3 Å². The van der Waals surface area contributed by atoms with Crippen LogP contribution in [0.4, 0.5) is 0 Å². The molecule has 0 aromatic carbocycles. The van der Waals surface area contributed by atoms with Crippen LogP contribution in [0.15, 0.2) is 11.1 Å². The van der Waals surface area contributed by atoms with Gasteiger partial charge in [0.15, 0.2) is 0 Å². The van der Waals surface area contributed by atoms with Crippen LogP contribution in [-0.4, -0.2) is 12.1 Å². The Morgan fingerprint density at radius 1 is 1.06 bits per heavy atom. The van der Waals surface area contributed by atoms with Gasteiger partial charge in [0.2, 0.25) is 0 Å². The fraction of sp³-hybridized carbons (Fsp3) is 0.800. The normalized spacial score (nSPS) is 12.1. The minimum Gasteiger partial charge on any atom is -0.462 e. The van der Waals surface area contributed by atoms with Crippen LogP contribution < -0.4 is 0 Å². The highest BCUT2D eigenvalue weighted by atomic mass is 16.5. The van der Waals surface area contributed by atoms with Crippen molar-refractivity contribution < 1.29 is 9.53 Å². The van der Waals surface area contributed by atoms with Gasteiger partial charge in [-0.15, -0.1) is 0 Å². The average molecular weight is 240 g/mol. The second-order valence-corrected chi connectivity index (χ2v) is 5.07. The summed E-state index contributed by atoms with van der Waals surface area (Å²) in [5.74, 6) is -0.160. The minimum absolute atomic E-state index is 0.0688. The molecule has 0 fully saturated rings. The molecule has 0 N–H and O–H groups in total. The number of hydrogen-bond acceptors (Lipinski definition) is 2. The molecular formula is C15H28O2. The van der Waals surface area contributed by atoms with Gasteiger partial charge in [0, 0.05) is 13.3 Å². The smallest absolute Gasteiger partial charge is 0.302 e. The van der Waals surface area contributed by atoms with Crippen molar-refractivity contribution in [2.75, 3.05) is 0 Å². The van der Waals surface area contributed by atoms with Gasteiger partial charge in [-0.2, -0.15) is 0 Å². The molecule has 2 heteroatoms. The summed E-state index contributed by atoms with van der Waals surface area (Å²) >= 11 is 0. The summed E-state index contributed by atoms with van der Waals surface area (Å²) in [6.45, 7) is 10.0. The summed E-state index contributed by atoms with van der Waals surface area (Å²) in [4.78, 5) is 11.1. The number of carbonyl (C=O) groups excluding carboxylic acids is 1. The van der Waals surface area contributed by atoms with E-state index < -0.39 is 0 Å². The van der Waals surface area contributed by atoms with Crippen LogP contribution >= 0.6 is 0 Å². The molecule has 0 amide bonds. The third-order valence-corrected chi connectivity index (χ3v) is 3.10. The first-order chi connectivity index (χ1) is 7.97. The largest absolute Gasteiger partial charge is 0.462 e. The van der Waals surface area contributed by atoms with Crippen molar-refractivity contribution in [3.63, 3.8) is 0 Å². The zero-order valence-electron chi connectivity index (χ0n) is 12.1. The Bertz CT molecular complexity index is 250. The van der Waals surface area contributed by atoms with Crippen LogP contribution in [0.5, 0.6) is 0 Å². The van der Waals surface area contributed by atoms with Crippen molar-refractivity contribution in [1.29, 1.82) is 0 Å². The maximum atomic E-state index is 11.1. The fourth-order valence-electron chi connectivity index (χ4n) is 1.78. The molecule has 0 bridgehead atoms. The summed E-state index contributed by atoms with van der Waals surface area (Å²) in [5.41, 5.74) is 2.67. The number of allylic oxidation sites excluding steroid dienone is 1. The van der Waals surface area contributed by atoms with Gasteiger partial charge < -0.3 is 4.74 Å². The summed E-state index contributed by atoms with van der Waals surface area (Å²) in [6, 6.07) is 0. The topological polar surface area (TPSA) is 26.3 Å². The van der Waals surface area contributed by atoms with Gasteiger partial charge in [-0.05, 0) is 33.6 Å². The summed E-state index contributed by atoms with van der Waals surface area (Å²) in [7, 11) is 0. The van der Waals surface area contributed by atoms with E-state index in [2.05, 4.69) is 27.7 Å². The first kappa shape index (κ1) is 16.2. The highest BCUT2D eigenvalue weighted by Crippen LogP contribution is 2.18. The number of rotatable bonds is 8. The van der Waals surface area contributed by atoms with E-state index in [1.807, 2.05) is 0 Å². The van der Waals surface area contributed by atoms with Crippen LogP contribution in [0.25, 0.3) is 0 Å². The van der Waals surface area contributed by atoms with Crippen molar-refractivity contribution in [2.24, 2.45) is 0 Å². The van der Waals surface area contributed by atoms with E-state index in [4.69, 9.17) is 4.74 Å². The third kappa shape index (κ3) is 8.96. The first-order valence-corrected chi connectivity index (χ1v) is 6.77. The van der Waals surface area contributed by atoms with Crippen LogP contribution in [0, 0.1) is 0 Å². The predicted molar refractivity (Wildman–Crippen MR) is 73.0 cm³/mol. The molecule has 0 rings (SSSR count). The maximum Gasteiger partial charge on any atom is 0.302 e. The Hall–Kier alpha value is -0.790. The van der Waals surface area contributed by atoms with Crippen molar-refractivity contribution in [2.45, 2.75) is 79.2 Å². The number of hydrogen-bond donors (Lipinski definition) is 0. The summed E-state index contributed by atoms with van der Waals surface area (Å²) in [5, 5.41) is 0. The zero-order chi connectivity index (χ0) is 13.3. The Morgan fingerprint density at radius 2 is 1.71 bits per heavy atom. The van der Waals surface area contributed by atoms with Gasteiger partial charge in [0.05, 0.1) is 0 Å². The van der Waals surface area contributed by atoms with E-state index >= 15 is 0 Å². The van der Waals surface area contributed by atoms with Gasteiger partial charge in [-0.3, -0.25) is 4.79 Å². The van der Waals surface area contributed by atoms with Gasteiger partial charge in [-0.1, -0.05) is 37.3 Å². The lowest BCUT2D eigenvalue weighted by molar-refractivity contribution is -0.146. The van der Waals surface area contributed by atoms with E-state index in [-0.39, 0.29) is 12.1 Å². The Balaban J connectivity index is 4.14. The monoisotopic (exact) mass is 240 g/mol. The van der Waals surface area contributed by atoms with E-state index in [1.165, 1.54) is 37.3 Å². The predicted octanol–water partition coefficient (Wildman–Crippen LogP) is 4.63. The summed E-state index contributed by atoms with van der Waals surface area (Å²) < 4.78 is 5.38. The molecule has 1 atom stereocenters.